The first-order chi connectivity index (χ1) is 8.58. The molecule has 1 N–H and O–H groups in total. The van der Waals surface area contributed by atoms with Gasteiger partial charge >= 0.3 is 5.97 Å². The Balaban J connectivity index is 2.15. The quantitative estimate of drug-likeness (QED) is 0.785. The van der Waals surface area contributed by atoms with E-state index in [1.54, 1.807) is 16.8 Å². The summed E-state index contributed by atoms with van der Waals surface area (Å²) in [5.41, 5.74) is 0.0389. The zero-order valence-corrected chi connectivity index (χ0v) is 10.0. The molecule has 1 aliphatic rings. The van der Waals surface area contributed by atoms with E-state index < -0.39 is 5.97 Å². The van der Waals surface area contributed by atoms with Crippen molar-refractivity contribution in [2.24, 2.45) is 0 Å². The lowest BCUT2D eigenvalue weighted by atomic mass is 10.3. The smallest absolute Gasteiger partial charge is 0.338 e. The lowest BCUT2D eigenvalue weighted by Gasteiger charge is -2.19. The number of likely N-dealkylation sites (N-methyl/N-ethyl adjacent to an activating group) is 1. The minimum Gasteiger partial charge on any atom is -0.478 e. The molecule has 2 rings (SSSR count). The number of anilines is 1. The molecule has 1 aliphatic heterocycles. The first-order valence-corrected chi connectivity index (χ1v) is 5.62. The topological polar surface area (TPSA) is 86.6 Å². The van der Waals surface area contributed by atoms with Gasteiger partial charge in [0.2, 0.25) is 11.9 Å². The van der Waals surface area contributed by atoms with Crippen LogP contribution in [-0.2, 0) is 4.79 Å². The van der Waals surface area contributed by atoms with Gasteiger partial charge in [0, 0.05) is 32.5 Å². The molecule has 1 aromatic heterocycles. The monoisotopic (exact) mass is 250 g/mol. The number of carbonyl (C=O) groups is 2. The Hall–Kier alpha value is -2.18. The molecule has 0 unspecified atom stereocenters. The second-order valence-corrected chi connectivity index (χ2v) is 4.17. The number of carboxylic acids is 1. The van der Waals surface area contributed by atoms with Crippen molar-refractivity contribution >= 4 is 17.8 Å². The molecular formula is C11H14N4O3. The zero-order valence-electron chi connectivity index (χ0n) is 10.0. The fraction of sp³-hybridized carbons (Fsp3) is 0.455. The number of carbonyl (C=O) groups excluding carboxylic acids is 1. The van der Waals surface area contributed by atoms with Crippen LogP contribution < -0.4 is 4.90 Å². The van der Waals surface area contributed by atoms with E-state index in [4.69, 9.17) is 5.11 Å². The largest absolute Gasteiger partial charge is 0.478 e. The van der Waals surface area contributed by atoms with Crippen molar-refractivity contribution in [3.63, 3.8) is 0 Å². The third-order valence-corrected chi connectivity index (χ3v) is 2.84. The van der Waals surface area contributed by atoms with Gasteiger partial charge in [0.25, 0.3) is 0 Å². The SMILES string of the molecule is CN1CCCN(c2ncc(C(=O)O)cn2)CC1=O. The van der Waals surface area contributed by atoms with Gasteiger partial charge in [-0.3, -0.25) is 4.79 Å². The van der Waals surface area contributed by atoms with E-state index in [1.807, 2.05) is 0 Å². The summed E-state index contributed by atoms with van der Waals surface area (Å²) in [6.45, 7) is 1.62. The second kappa shape index (κ2) is 4.99. The van der Waals surface area contributed by atoms with Crippen molar-refractivity contribution in [1.82, 2.24) is 14.9 Å². The summed E-state index contributed by atoms with van der Waals surface area (Å²) in [5.74, 6) is -0.657. The highest BCUT2D eigenvalue weighted by Gasteiger charge is 2.20. The molecule has 1 fully saturated rings. The fourth-order valence-electron chi connectivity index (χ4n) is 1.75. The third kappa shape index (κ3) is 2.55. The minimum absolute atomic E-state index is 0.0124. The van der Waals surface area contributed by atoms with Crippen LogP contribution in [0.2, 0.25) is 0 Å². The molecule has 7 nitrogen and oxygen atoms in total. The van der Waals surface area contributed by atoms with Crippen LogP contribution in [0.5, 0.6) is 0 Å². The van der Waals surface area contributed by atoms with Crippen molar-refractivity contribution in [1.29, 1.82) is 0 Å². The highest BCUT2D eigenvalue weighted by Crippen LogP contribution is 2.11. The number of aromatic carboxylic acids is 1. The summed E-state index contributed by atoms with van der Waals surface area (Å²) >= 11 is 0. The van der Waals surface area contributed by atoms with Crippen LogP contribution in [0.15, 0.2) is 12.4 Å². The molecule has 96 valence electrons. The minimum atomic E-state index is -1.06. The van der Waals surface area contributed by atoms with Crippen LogP contribution in [0.25, 0.3) is 0 Å². The summed E-state index contributed by atoms with van der Waals surface area (Å²) in [5, 5.41) is 8.75. The summed E-state index contributed by atoms with van der Waals surface area (Å²) < 4.78 is 0. The standard InChI is InChI=1S/C11H14N4O3/c1-14-3-2-4-15(7-9(14)16)11-12-5-8(6-13-11)10(17)18/h5-6H,2-4,7H2,1H3,(H,17,18). The van der Waals surface area contributed by atoms with Crippen LogP contribution in [-0.4, -0.2) is 58.5 Å². The van der Waals surface area contributed by atoms with Gasteiger partial charge in [-0.15, -0.1) is 0 Å². The van der Waals surface area contributed by atoms with E-state index in [0.717, 1.165) is 6.42 Å². The number of aromatic nitrogens is 2. The molecule has 0 bridgehead atoms. The Bertz CT molecular complexity index is 460. The molecule has 0 atom stereocenters. The van der Waals surface area contributed by atoms with Gasteiger partial charge in [-0.05, 0) is 6.42 Å². The van der Waals surface area contributed by atoms with Gasteiger partial charge in [0.05, 0.1) is 12.1 Å². The van der Waals surface area contributed by atoms with Gasteiger partial charge < -0.3 is 14.9 Å². The van der Waals surface area contributed by atoms with Crippen molar-refractivity contribution in [3.05, 3.63) is 18.0 Å². The maximum absolute atomic E-state index is 11.7. The molecule has 0 aromatic carbocycles. The van der Waals surface area contributed by atoms with Crippen molar-refractivity contribution in [2.45, 2.75) is 6.42 Å². The zero-order chi connectivity index (χ0) is 13.1. The Morgan fingerprint density at radius 3 is 2.61 bits per heavy atom. The molecule has 0 saturated carbocycles. The highest BCUT2D eigenvalue weighted by molar-refractivity contribution is 5.87. The van der Waals surface area contributed by atoms with E-state index in [9.17, 15) is 9.59 Å². The normalized spacial score (nSPS) is 16.6. The lowest BCUT2D eigenvalue weighted by molar-refractivity contribution is -0.127. The highest BCUT2D eigenvalue weighted by atomic mass is 16.4. The Labute approximate surface area is 104 Å². The van der Waals surface area contributed by atoms with Crippen LogP contribution >= 0.6 is 0 Å². The number of rotatable bonds is 2. The van der Waals surface area contributed by atoms with Gasteiger partial charge in [-0.1, -0.05) is 0 Å². The summed E-state index contributed by atoms with van der Waals surface area (Å²) in [6, 6.07) is 0. The Kier molecular flexibility index (Phi) is 3.40. The molecular weight excluding hydrogens is 236 g/mol. The molecule has 0 radical (unpaired) electrons. The molecule has 1 amide bonds. The molecule has 0 spiro atoms. The van der Waals surface area contributed by atoms with E-state index in [0.29, 0.717) is 19.0 Å². The first-order valence-electron chi connectivity index (χ1n) is 5.62. The van der Waals surface area contributed by atoms with Crippen molar-refractivity contribution in [3.8, 4) is 0 Å². The summed E-state index contributed by atoms with van der Waals surface area (Å²) in [7, 11) is 1.76. The van der Waals surface area contributed by atoms with Gasteiger partial charge in [0.15, 0.2) is 0 Å². The summed E-state index contributed by atoms with van der Waals surface area (Å²) in [6.07, 6.45) is 3.35. The average Bonchev–Trinajstić information content (AvgIpc) is 2.52. The fourth-order valence-corrected chi connectivity index (χ4v) is 1.75. The van der Waals surface area contributed by atoms with E-state index >= 15 is 0 Å². The maximum Gasteiger partial charge on any atom is 0.338 e. The van der Waals surface area contributed by atoms with Crippen LogP contribution in [0, 0.1) is 0 Å². The number of carboxylic acid groups (broad SMARTS) is 1. The summed E-state index contributed by atoms with van der Waals surface area (Å²) in [4.78, 5) is 33.8. The Morgan fingerprint density at radius 2 is 2.00 bits per heavy atom. The molecule has 0 aliphatic carbocycles. The van der Waals surface area contributed by atoms with Crippen molar-refractivity contribution in [2.75, 3.05) is 31.6 Å². The molecule has 7 heteroatoms. The average molecular weight is 250 g/mol. The predicted molar refractivity (Wildman–Crippen MR) is 63.5 cm³/mol. The number of hydrogen-bond donors (Lipinski definition) is 1. The van der Waals surface area contributed by atoms with Gasteiger partial charge in [-0.2, -0.15) is 0 Å². The van der Waals surface area contributed by atoms with E-state index in [-0.39, 0.29) is 18.0 Å². The molecule has 1 saturated heterocycles. The number of hydrogen-bond acceptors (Lipinski definition) is 5. The maximum atomic E-state index is 11.7. The van der Waals surface area contributed by atoms with E-state index in [1.165, 1.54) is 12.4 Å². The van der Waals surface area contributed by atoms with Crippen LogP contribution in [0.4, 0.5) is 5.95 Å². The first kappa shape index (κ1) is 12.3. The van der Waals surface area contributed by atoms with Gasteiger partial charge in [0.1, 0.15) is 0 Å². The molecule has 1 aromatic rings. The third-order valence-electron chi connectivity index (χ3n) is 2.84. The molecule has 2 heterocycles. The van der Waals surface area contributed by atoms with E-state index in [2.05, 4.69) is 9.97 Å². The lowest BCUT2D eigenvalue weighted by Crippen LogP contribution is -2.35. The number of amides is 1. The number of nitrogens with zero attached hydrogens (tertiary/aromatic N) is 4. The van der Waals surface area contributed by atoms with Crippen molar-refractivity contribution < 1.29 is 14.7 Å². The second-order valence-electron chi connectivity index (χ2n) is 4.17. The van der Waals surface area contributed by atoms with Crippen LogP contribution in [0.1, 0.15) is 16.8 Å². The van der Waals surface area contributed by atoms with Gasteiger partial charge in [-0.25, -0.2) is 14.8 Å². The predicted octanol–water partition coefficient (Wildman–Crippen LogP) is -0.157. The Morgan fingerprint density at radius 1 is 1.33 bits per heavy atom. The van der Waals surface area contributed by atoms with Crippen LogP contribution in [0.3, 0.4) is 0 Å². The molecule has 18 heavy (non-hydrogen) atoms.